The van der Waals surface area contributed by atoms with E-state index in [1.54, 1.807) is 12.2 Å². The van der Waals surface area contributed by atoms with Gasteiger partial charge < -0.3 is 15.3 Å². The van der Waals surface area contributed by atoms with Gasteiger partial charge >= 0.3 is 5.97 Å². The quantitative estimate of drug-likeness (QED) is 0.193. The van der Waals surface area contributed by atoms with E-state index in [0.29, 0.717) is 12.8 Å². The van der Waals surface area contributed by atoms with Crippen LogP contribution in [0.3, 0.4) is 0 Å². The highest BCUT2D eigenvalue weighted by Gasteiger charge is 1.99. The van der Waals surface area contributed by atoms with Crippen LogP contribution >= 0.6 is 0 Å². The van der Waals surface area contributed by atoms with Crippen molar-refractivity contribution in [2.45, 2.75) is 70.5 Å². The van der Waals surface area contributed by atoms with Gasteiger partial charge in [-0.25, -0.2) is 4.79 Å². The molecule has 0 amide bonds. The Morgan fingerprint density at radius 1 is 0.958 bits per heavy atom. The summed E-state index contributed by atoms with van der Waals surface area (Å²) in [7, 11) is 0. The third kappa shape index (κ3) is 16.7. The van der Waals surface area contributed by atoms with Crippen molar-refractivity contribution < 1.29 is 20.1 Å². The first kappa shape index (κ1) is 22.4. The molecule has 0 heterocycles. The Morgan fingerprint density at radius 2 is 1.75 bits per heavy atom. The lowest BCUT2D eigenvalue weighted by Gasteiger charge is -2.05. The van der Waals surface area contributed by atoms with Gasteiger partial charge in [0.15, 0.2) is 0 Å². The van der Waals surface area contributed by atoms with E-state index in [0.717, 1.165) is 18.9 Å². The molecule has 0 aromatic carbocycles. The number of carboxylic acids is 1. The molecule has 2 atom stereocenters. The molecular weight excluding hydrogens is 304 g/mol. The Hall–Kier alpha value is -1.65. The van der Waals surface area contributed by atoms with Crippen LogP contribution in [0.4, 0.5) is 0 Å². The highest BCUT2D eigenvalue weighted by Crippen LogP contribution is 2.06. The predicted octanol–water partition coefficient (Wildman–Crippen LogP) is 4.16. The largest absolute Gasteiger partial charge is 0.478 e. The van der Waals surface area contributed by atoms with Crippen molar-refractivity contribution in [2.24, 2.45) is 0 Å². The van der Waals surface area contributed by atoms with Gasteiger partial charge in [-0.3, -0.25) is 0 Å². The number of carbonyl (C=O) groups is 1. The van der Waals surface area contributed by atoms with E-state index in [1.807, 2.05) is 12.2 Å². The normalized spacial score (nSPS) is 15.1. The molecule has 3 N–H and O–H groups in total. The second kappa shape index (κ2) is 16.2. The molecular formula is C20H32O4. The summed E-state index contributed by atoms with van der Waals surface area (Å²) in [6, 6.07) is 0. The summed E-state index contributed by atoms with van der Waals surface area (Å²) in [6.45, 7) is 2.19. The SMILES string of the molecule is CCCCCC=CC[C@@H](O)CCC=CC=C[C@@H](O)CC=CC(=O)O. The number of rotatable bonds is 14. The topological polar surface area (TPSA) is 77.8 Å². The minimum Gasteiger partial charge on any atom is -0.478 e. The molecule has 0 aliphatic rings. The molecule has 0 saturated carbocycles. The summed E-state index contributed by atoms with van der Waals surface area (Å²) in [5.41, 5.74) is 0. The van der Waals surface area contributed by atoms with E-state index in [1.165, 1.54) is 25.3 Å². The smallest absolute Gasteiger partial charge is 0.327 e. The van der Waals surface area contributed by atoms with Crippen LogP contribution in [0.2, 0.25) is 0 Å². The summed E-state index contributed by atoms with van der Waals surface area (Å²) in [5, 5.41) is 27.8. The maximum Gasteiger partial charge on any atom is 0.327 e. The van der Waals surface area contributed by atoms with Crippen LogP contribution in [0.1, 0.15) is 58.3 Å². The molecule has 4 nitrogen and oxygen atoms in total. The lowest BCUT2D eigenvalue weighted by molar-refractivity contribution is -0.131. The highest BCUT2D eigenvalue weighted by molar-refractivity contribution is 5.79. The fourth-order valence-electron chi connectivity index (χ4n) is 2.04. The predicted molar refractivity (Wildman–Crippen MR) is 98.8 cm³/mol. The van der Waals surface area contributed by atoms with E-state index in [-0.39, 0.29) is 12.5 Å². The zero-order chi connectivity index (χ0) is 18.0. The van der Waals surface area contributed by atoms with Gasteiger partial charge in [-0.05, 0) is 38.5 Å². The first-order valence-electron chi connectivity index (χ1n) is 8.80. The van der Waals surface area contributed by atoms with Crippen LogP contribution in [-0.4, -0.2) is 33.5 Å². The van der Waals surface area contributed by atoms with Gasteiger partial charge in [0.25, 0.3) is 0 Å². The number of hydrogen-bond donors (Lipinski definition) is 3. The second-order valence-corrected chi connectivity index (χ2v) is 5.79. The van der Waals surface area contributed by atoms with Gasteiger partial charge in [-0.1, -0.05) is 62.3 Å². The number of hydrogen-bond acceptors (Lipinski definition) is 3. The van der Waals surface area contributed by atoms with Gasteiger partial charge in [-0.2, -0.15) is 0 Å². The summed E-state index contributed by atoms with van der Waals surface area (Å²) in [6.07, 6.45) is 20.1. The van der Waals surface area contributed by atoms with Crippen LogP contribution in [0.15, 0.2) is 48.6 Å². The molecule has 0 radical (unpaired) electrons. The molecule has 0 unspecified atom stereocenters. The molecule has 0 bridgehead atoms. The maximum absolute atomic E-state index is 10.3. The average molecular weight is 336 g/mol. The molecule has 4 heteroatoms. The Bertz CT molecular complexity index is 421. The van der Waals surface area contributed by atoms with Crippen LogP contribution in [0.5, 0.6) is 0 Å². The van der Waals surface area contributed by atoms with Gasteiger partial charge in [-0.15, -0.1) is 0 Å². The molecule has 0 aliphatic heterocycles. The van der Waals surface area contributed by atoms with Gasteiger partial charge in [0.05, 0.1) is 12.2 Å². The molecule has 136 valence electrons. The van der Waals surface area contributed by atoms with Crippen molar-refractivity contribution in [2.75, 3.05) is 0 Å². The van der Waals surface area contributed by atoms with Crippen molar-refractivity contribution in [3.05, 3.63) is 48.6 Å². The maximum atomic E-state index is 10.3. The molecule has 0 fully saturated rings. The number of carboxylic acid groups (broad SMARTS) is 1. The van der Waals surface area contributed by atoms with Gasteiger partial charge in [0, 0.05) is 6.08 Å². The zero-order valence-corrected chi connectivity index (χ0v) is 14.7. The van der Waals surface area contributed by atoms with Crippen LogP contribution in [0, 0.1) is 0 Å². The average Bonchev–Trinajstić information content (AvgIpc) is 2.53. The monoisotopic (exact) mass is 336 g/mol. The number of aliphatic hydroxyl groups is 2. The van der Waals surface area contributed by atoms with Gasteiger partial charge in [0.2, 0.25) is 0 Å². The van der Waals surface area contributed by atoms with E-state index < -0.39 is 12.1 Å². The molecule has 0 aliphatic carbocycles. The third-order valence-corrected chi connectivity index (χ3v) is 3.43. The fourth-order valence-corrected chi connectivity index (χ4v) is 2.04. The summed E-state index contributed by atoms with van der Waals surface area (Å²) in [4.78, 5) is 10.3. The second-order valence-electron chi connectivity index (χ2n) is 5.79. The lowest BCUT2D eigenvalue weighted by Crippen LogP contribution is -2.03. The molecule has 0 rings (SSSR count). The summed E-state index contributed by atoms with van der Waals surface area (Å²) < 4.78 is 0. The minimum absolute atomic E-state index is 0.278. The summed E-state index contributed by atoms with van der Waals surface area (Å²) in [5.74, 6) is -1.01. The Morgan fingerprint density at radius 3 is 2.46 bits per heavy atom. The summed E-state index contributed by atoms with van der Waals surface area (Å²) >= 11 is 0. The number of aliphatic carboxylic acids is 1. The van der Waals surface area contributed by atoms with Gasteiger partial charge in [0.1, 0.15) is 0 Å². The standard InChI is InChI=1S/C20H32O4/c1-2-3-4-5-6-9-13-18(21)14-10-7-8-11-15-19(22)16-12-17-20(23)24/h6-9,11-12,15,17-19,21-22H,2-5,10,13-14,16H2,1H3,(H,23,24)/t18-,19-/m1/s1. The Labute approximate surface area is 145 Å². The minimum atomic E-state index is -1.01. The van der Waals surface area contributed by atoms with Crippen molar-refractivity contribution in [1.82, 2.24) is 0 Å². The fraction of sp³-hybridized carbons (Fsp3) is 0.550. The Kier molecular flexibility index (Phi) is 15.1. The van der Waals surface area contributed by atoms with E-state index in [2.05, 4.69) is 19.1 Å². The number of allylic oxidation sites excluding steroid dienone is 4. The van der Waals surface area contributed by atoms with Crippen LogP contribution in [-0.2, 0) is 4.79 Å². The molecule has 0 saturated heterocycles. The van der Waals surface area contributed by atoms with Crippen molar-refractivity contribution in [1.29, 1.82) is 0 Å². The van der Waals surface area contributed by atoms with Crippen LogP contribution < -0.4 is 0 Å². The molecule has 24 heavy (non-hydrogen) atoms. The molecule has 0 aromatic rings. The molecule has 0 spiro atoms. The zero-order valence-electron chi connectivity index (χ0n) is 14.7. The van der Waals surface area contributed by atoms with E-state index >= 15 is 0 Å². The van der Waals surface area contributed by atoms with Crippen molar-refractivity contribution in [3.63, 3.8) is 0 Å². The number of unbranched alkanes of at least 4 members (excludes halogenated alkanes) is 3. The first-order valence-corrected chi connectivity index (χ1v) is 8.80. The van der Waals surface area contributed by atoms with Crippen molar-refractivity contribution >= 4 is 5.97 Å². The van der Waals surface area contributed by atoms with Crippen molar-refractivity contribution in [3.8, 4) is 0 Å². The molecule has 0 aromatic heterocycles. The van der Waals surface area contributed by atoms with Crippen LogP contribution in [0.25, 0.3) is 0 Å². The van der Waals surface area contributed by atoms with E-state index in [4.69, 9.17) is 5.11 Å². The number of aliphatic hydroxyl groups excluding tert-OH is 2. The lowest BCUT2D eigenvalue weighted by atomic mass is 10.1. The van der Waals surface area contributed by atoms with E-state index in [9.17, 15) is 15.0 Å². The first-order chi connectivity index (χ1) is 11.6. The Balaban J connectivity index is 3.72. The highest BCUT2D eigenvalue weighted by atomic mass is 16.4. The third-order valence-electron chi connectivity index (χ3n) is 3.43.